The number of furan rings is 1. The van der Waals surface area contributed by atoms with Gasteiger partial charge < -0.3 is 15.3 Å². The maximum Gasteiger partial charge on any atom is 0.139 e. The van der Waals surface area contributed by atoms with Crippen LogP contribution >= 0.6 is 0 Å². The van der Waals surface area contributed by atoms with Crippen LogP contribution in [0.1, 0.15) is 17.7 Å². The normalized spacial score (nSPS) is 28.9. The van der Waals surface area contributed by atoms with Crippen LogP contribution in [0.15, 0.2) is 16.7 Å². The van der Waals surface area contributed by atoms with Gasteiger partial charge in [0.2, 0.25) is 0 Å². The first kappa shape index (κ1) is 6.88. The third-order valence-corrected chi connectivity index (χ3v) is 2.32. The molecule has 1 atom stereocenters. The van der Waals surface area contributed by atoms with Gasteiger partial charge in [-0.3, -0.25) is 0 Å². The number of hydrogen-bond donors (Lipinski definition) is 2. The highest BCUT2D eigenvalue weighted by molar-refractivity contribution is 5.29. The molecule has 0 radical (unpaired) electrons. The third-order valence-electron chi connectivity index (χ3n) is 2.32. The quantitative estimate of drug-likeness (QED) is 0.613. The van der Waals surface area contributed by atoms with Crippen molar-refractivity contribution in [1.82, 2.24) is 0 Å². The molecule has 0 aromatic carbocycles. The van der Waals surface area contributed by atoms with Crippen LogP contribution in [0.4, 0.5) is 0 Å². The number of nitrogens with two attached hydrogens (primary N) is 1. The monoisotopic (exact) mass is 153 g/mol. The molecule has 3 N–H and O–H groups in total. The van der Waals surface area contributed by atoms with E-state index in [9.17, 15) is 5.11 Å². The van der Waals surface area contributed by atoms with Crippen molar-refractivity contribution in [3.63, 3.8) is 0 Å². The third kappa shape index (κ3) is 0.814. The fourth-order valence-corrected chi connectivity index (χ4v) is 1.59. The van der Waals surface area contributed by atoms with Gasteiger partial charge in [0.15, 0.2) is 0 Å². The Labute approximate surface area is 64.8 Å². The van der Waals surface area contributed by atoms with Gasteiger partial charge in [0.1, 0.15) is 11.4 Å². The summed E-state index contributed by atoms with van der Waals surface area (Å²) in [6.07, 6.45) is 3.17. The second-order valence-electron chi connectivity index (χ2n) is 3.01. The zero-order chi connectivity index (χ0) is 7.90. The van der Waals surface area contributed by atoms with Crippen molar-refractivity contribution in [3.05, 3.63) is 23.7 Å². The summed E-state index contributed by atoms with van der Waals surface area (Å²) in [5.41, 5.74) is 5.64. The van der Waals surface area contributed by atoms with Crippen LogP contribution < -0.4 is 5.73 Å². The molecule has 0 bridgehead atoms. The van der Waals surface area contributed by atoms with Crippen LogP contribution in [0.3, 0.4) is 0 Å². The summed E-state index contributed by atoms with van der Waals surface area (Å²) in [6, 6.07) is 1.89. The number of rotatable bonds is 1. The molecule has 0 amide bonds. The maximum absolute atomic E-state index is 9.82. The average molecular weight is 153 g/mol. The smallest absolute Gasteiger partial charge is 0.139 e. The van der Waals surface area contributed by atoms with Crippen molar-refractivity contribution in [3.8, 4) is 0 Å². The standard InChI is InChI=1S/C8H11NO2/c9-5-8(10)3-1-6-2-4-11-7(6)8/h2,4,10H,1,3,5,9H2. The number of fused-ring (bicyclic) bond motifs is 1. The lowest BCUT2D eigenvalue weighted by Crippen LogP contribution is -2.31. The highest BCUT2D eigenvalue weighted by Gasteiger charge is 2.38. The molecule has 0 aliphatic heterocycles. The SMILES string of the molecule is NCC1(O)CCc2ccoc21. The Bertz CT molecular complexity index is 269. The Morgan fingerprint density at radius 2 is 2.55 bits per heavy atom. The molecule has 1 unspecified atom stereocenters. The molecule has 11 heavy (non-hydrogen) atoms. The van der Waals surface area contributed by atoms with Crippen LogP contribution in [0.5, 0.6) is 0 Å². The zero-order valence-electron chi connectivity index (χ0n) is 6.21. The summed E-state index contributed by atoms with van der Waals surface area (Å²) in [7, 11) is 0. The number of aryl methyl sites for hydroxylation is 1. The van der Waals surface area contributed by atoms with Crippen LogP contribution in [-0.2, 0) is 12.0 Å². The van der Waals surface area contributed by atoms with E-state index >= 15 is 0 Å². The van der Waals surface area contributed by atoms with Crippen LogP contribution in [0.25, 0.3) is 0 Å². The largest absolute Gasteiger partial charge is 0.466 e. The fourth-order valence-electron chi connectivity index (χ4n) is 1.59. The molecule has 1 aliphatic carbocycles. The second-order valence-corrected chi connectivity index (χ2v) is 3.01. The van der Waals surface area contributed by atoms with Crippen molar-refractivity contribution in [1.29, 1.82) is 0 Å². The predicted octanol–water partition coefficient (Wildman–Crippen LogP) is 0.372. The van der Waals surface area contributed by atoms with Crippen molar-refractivity contribution in [2.75, 3.05) is 6.54 Å². The van der Waals surface area contributed by atoms with Gasteiger partial charge in [0.25, 0.3) is 0 Å². The van der Waals surface area contributed by atoms with Gasteiger partial charge >= 0.3 is 0 Å². The molecule has 0 spiro atoms. The van der Waals surface area contributed by atoms with Crippen LogP contribution in [0.2, 0.25) is 0 Å². The summed E-state index contributed by atoms with van der Waals surface area (Å²) < 4.78 is 5.15. The minimum absolute atomic E-state index is 0.244. The molecule has 0 saturated heterocycles. The lowest BCUT2D eigenvalue weighted by molar-refractivity contribution is 0.0270. The summed E-state index contributed by atoms with van der Waals surface area (Å²) in [5.74, 6) is 0.667. The van der Waals surface area contributed by atoms with Crippen LogP contribution in [0, 0.1) is 0 Å². The minimum Gasteiger partial charge on any atom is -0.466 e. The molecule has 0 fully saturated rings. The average Bonchev–Trinajstić information content (AvgIpc) is 2.55. The molecular weight excluding hydrogens is 142 g/mol. The zero-order valence-corrected chi connectivity index (χ0v) is 6.21. The van der Waals surface area contributed by atoms with Gasteiger partial charge in [0.05, 0.1) is 6.26 Å². The van der Waals surface area contributed by atoms with E-state index in [1.807, 2.05) is 6.07 Å². The molecule has 1 aromatic heterocycles. The minimum atomic E-state index is -0.890. The molecule has 1 aliphatic rings. The molecule has 0 saturated carbocycles. The first-order valence-corrected chi connectivity index (χ1v) is 3.75. The van der Waals surface area contributed by atoms with E-state index < -0.39 is 5.60 Å². The molecule has 3 nitrogen and oxygen atoms in total. The summed E-state index contributed by atoms with van der Waals surface area (Å²) in [6.45, 7) is 0.244. The highest BCUT2D eigenvalue weighted by atomic mass is 16.4. The maximum atomic E-state index is 9.82. The highest BCUT2D eigenvalue weighted by Crippen LogP contribution is 2.36. The van der Waals surface area contributed by atoms with Crippen molar-refractivity contribution < 1.29 is 9.52 Å². The van der Waals surface area contributed by atoms with E-state index in [1.54, 1.807) is 6.26 Å². The van der Waals surface area contributed by atoms with E-state index in [1.165, 1.54) is 0 Å². The van der Waals surface area contributed by atoms with Crippen molar-refractivity contribution in [2.24, 2.45) is 5.73 Å². The van der Waals surface area contributed by atoms with Gasteiger partial charge in [-0.15, -0.1) is 0 Å². The van der Waals surface area contributed by atoms with Crippen molar-refractivity contribution in [2.45, 2.75) is 18.4 Å². The van der Waals surface area contributed by atoms with E-state index in [0.717, 1.165) is 12.0 Å². The summed E-state index contributed by atoms with van der Waals surface area (Å²) in [4.78, 5) is 0. The fraction of sp³-hybridized carbons (Fsp3) is 0.500. The summed E-state index contributed by atoms with van der Waals surface area (Å²) >= 11 is 0. The number of hydrogen-bond acceptors (Lipinski definition) is 3. The van der Waals surface area contributed by atoms with Crippen LogP contribution in [-0.4, -0.2) is 11.7 Å². The van der Waals surface area contributed by atoms with E-state index in [2.05, 4.69) is 0 Å². The van der Waals surface area contributed by atoms with Gasteiger partial charge in [-0.2, -0.15) is 0 Å². The van der Waals surface area contributed by atoms with E-state index in [0.29, 0.717) is 12.2 Å². The van der Waals surface area contributed by atoms with Gasteiger partial charge in [0, 0.05) is 6.54 Å². The van der Waals surface area contributed by atoms with Gasteiger partial charge in [-0.05, 0) is 24.5 Å². The molecule has 1 aromatic rings. The molecule has 2 rings (SSSR count). The molecule has 1 heterocycles. The Balaban J connectivity index is 2.45. The Morgan fingerprint density at radius 1 is 1.73 bits per heavy atom. The Morgan fingerprint density at radius 3 is 3.27 bits per heavy atom. The molecule has 3 heteroatoms. The van der Waals surface area contributed by atoms with E-state index in [4.69, 9.17) is 10.2 Å². The van der Waals surface area contributed by atoms with Gasteiger partial charge in [-0.25, -0.2) is 0 Å². The molecular formula is C8H11NO2. The first-order valence-electron chi connectivity index (χ1n) is 3.75. The topological polar surface area (TPSA) is 59.4 Å². The Kier molecular flexibility index (Phi) is 1.31. The van der Waals surface area contributed by atoms with Gasteiger partial charge in [-0.1, -0.05) is 0 Å². The predicted molar refractivity (Wildman–Crippen MR) is 40.0 cm³/mol. The second kappa shape index (κ2) is 2.09. The molecule has 60 valence electrons. The Hall–Kier alpha value is -0.800. The summed E-state index contributed by atoms with van der Waals surface area (Å²) in [5, 5.41) is 9.82. The number of aliphatic hydroxyl groups is 1. The van der Waals surface area contributed by atoms with Crippen molar-refractivity contribution >= 4 is 0 Å². The first-order chi connectivity index (χ1) is 5.26. The van der Waals surface area contributed by atoms with E-state index in [-0.39, 0.29) is 6.54 Å². The lowest BCUT2D eigenvalue weighted by atomic mass is 10.0. The lowest BCUT2D eigenvalue weighted by Gasteiger charge is -2.18.